The van der Waals surface area contributed by atoms with Crippen molar-refractivity contribution in [3.63, 3.8) is 0 Å². The number of terminal acetylenes is 1. The Bertz CT molecular complexity index is 925. The average Bonchev–Trinajstić information content (AvgIpc) is 2.96. The fourth-order valence-corrected chi connectivity index (χ4v) is 4.15. The molecule has 144 valence electrons. The lowest BCUT2D eigenvalue weighted by atomic mass is 9.84. The highest BCUT2D eigenvalue weighted by atomic mass is 16.2. The van der Waals surface area contributed by atoms with E-state index in [0.29, 0.717) is 31.6 Å². The topological polar surface area (TPSA) is 98.8 Å². The molecule has 2 N–H and O–H groups in total. The lowest BCUT2D eigenvalue weighted by Gasteiger charge is -2.37. The van der Waals surface area contributed by atoms with Crippen molar-refractivity contribution in [1.29, 1.82) is 0 Å². The van der Waals surface area contributed by atoms with E-state index in [2.05, 4.69) is 26.4 Å². The van der Waals surface area contributed by atoms with Crippen LogP contribution in [0.3, 0.4) is 0 Å². The zero-order valence-corrected chi connectivity index (χ0v) is 15.3. The summed E-state index contributed by atoms with van der Waals surface area (Å²) in [6.07, 6.45) is 5.90. The normalized spacial score (nSPS) is 22.5. The van der Waals surface area contributed by atoms with Crippen molar-refractivity contribution in [3.05, 3.63) is 28.8 Å². The highest BCUT2D eigenvalue weighted by molar-refractivity contribution is 6.23. The van der Waals surface area contributed by atoms with Gasteiger partial charge in [0.1, 0.15) is 0 Å². The second kappa shape index (κ2) is 7.09. The van der Waals surface area contributed by atoms with Crippen molar-refractivity contribution in [1.82, 2.24) is 15.5 Å². The van der Waals surface area contributed by atoms with Gasteiger partial charge < -0.3 is 4.90 Å². The van der Waals surface area contributed by atoms with Crippen LogP contribution in [0.1, 0.15) is 45.0 Å². The highest BCUT2D eigenvalue weighted by Gasteiger charge is 2.39. The number of carbonyl (C=O) groups excluding carboxylic acids is 4. The first-order valence-corrected chi connectivity index (χ1v) is 9.26. The molecule has 0 aliphatic carbocycles. The predicted molar refractivity (Wildman–Crippen MR) is 101 cm³/mol. The first-order valence-electron chi connectivity index (χ1n) is 9.26. The van der Waals surface area contributed by atoms with Gasteiger partial charge in [-0.25, -0.2) is 0 Å². The fourth-order valence-electron chi connectivity index (χ4n) is 4.15. The molecule has 1 atom stereocenters. The van der Waals surface area contributed by atoms with Crippen molar-refractivity contribution >= 4 is 29.3 Å². The number of imide groups is 2. The molecule has 3 heterocycles. The van der Waals surface area contributed by atoms with Gasteiger partial charge in [0.2, 0.25) is 11.8 Å². The molecule has 8 heteroatoms. The van der Waals surface area contributed by atoms with Gasteiger partial charge in [-0.1, -0.05) is 5.92 Å². The van der Waals surface area contributed by atoms with Crippen LogP contribution in [0, 0.1) is 12.3 Å². The fraction of sp³-hybridized carbons (Fsp3) is 0.400. The number of fused-ring (bicyclic) bond motifs is 1. The molecule has 4 rings (SSSR count). The SMILES string of the molecule is C#CCN1CCN(c2ccc3c(c2C2CCC(=O)NC2=O)C(=O)NC3=O)CC1. The lowest BCUT2D eigenvalue weighted by molar-refractivity contribution is -0.134. The first kappa shape index (κ1) is 18.2. The molecule has 28 heavy (non-hydrogen) atoms. The molecule has 1 aromatic carbocycles. The number of nitrogens with zero attached hydrogens (tertiary/aromatic N) is 2. The minimum atomic E-state index is -0.650. The van der Waals surface area contributed by atoms with Crippen LogP contribution >= 0.6 is 0 Å². The molecular formula is C20H20N4O4. The molecule has 0 radical (unpaired) electrons. The van der Waals surface area contributed by atoms with Gasteiger partial charge in [0, 0.05) is 43.9 Å². The molecule has 1 unspecified atom stereocenters. The van der Waals surface area contributed by atoms with Crippen molar-refractivity contribution in [2.24, 2.45) is 0 Å². The number of nitrogens with one attached hydrogen (secondary N) is 2. The highest BCUT2D eigenvalue weighted by Crippen LogP contribution is 2.39. The average molecular weight is 380 g/mol. The van der Waals surface area contributed by atoms with Gasteiger partial charge in [0.05, 0.1) is 23.6 Å². The molecule has 1 aromatic rings. The van der Waals surface area contributed by atoms with Crippen LogP contribution in [0.2, 0.25) is 0 Å². The van der Waals surface area contributed by atoms with Gasteiger partial charge in [-0.05, 0) is 18.6 Å². The largest absolute Gasteiger partial charge is 0.369 e. The predicted octanol–water partition coefficient (Wildman–Crippen LogP) is -0.154. The van der Waals surface area contributed by atoms with E-state index in [-0.39, 0.29) is 23.5 Å². The smallest absolute Gasteiger partial charge is 0.259 e. The second-order valence-corrected chi connectivity index (χ2v) is 7.18. The summed E-state index contributed by atoms with van der Waals surface area (Å²) in [6, 6.07) is 3.43. The van der Waals surface area contributed by atoms with Crippen LogP contribution < -0.4 is 15.5 Å². The van der Waals surface area contributed by atoms with E-state index >= 15 is 0 Å². The Hall–Kier alpha value is -3.18. The van der Waals surface area contributed by atoms with Gasteiger partial charge in [0.25, 0.3) is 11.8 Å². The van der Waals surface area contributed by atoms with Crippen LogP contribution in [0.5, 0.6) is 0 Å². The molecule has 0 bridgehead atoms. The molecular weight excluding hydrogens is 360 g/mol. The molecule has 0 spiro atoms. The summed E-state index contributed by atoms with van der Waals surface area (Å²) in [5, 5.41) is 4.67. The lowest BCUT2D eigenvalue weighted by Crippen LogP contribution is -2.47. The quantitative estimate of drug-likeness (QED) is 0.559. The maximum absolute atomic E-state index is 12.6. The van der Waals surface area contributed by atoms with Crippen molar-refractivity contribution in [3.8, 4) is 12.3 Å². The van der Waals surface area contributed by atoms with E-state index in [9.17, 15) is 19.2 Å². The summed E-state index contributed by atoms with van der Waals surface area (Å²) in [6.45, 7) is 3.49. The molecule has 0 saturated carbocycles. The Morgan fingerprint density at radius 3 is 2.46 bits per heavy atom. The van der Waals surface area contributed by atoms with Crippen molar-refractivity contribution in [2.45, 2.75) is 18.8 Å². The summed E-state index contributed by atoms with van der Waals surface area (Å²) in [7, 11) is 0. The molecule has 3 aliphatic rings. The monoisotopic (exact) mass is 380 g/mol. The number of hydrogen-bond donors (Lipinski definition) is 2. The van der Waals surface area contributed by atoms with Crippen LogP contribution in [0.4, 0.5) is 5.69 Å². The Morgan fingerprint density at radius 1 is 1.04 bits per heavy atom. The summed E-state index contributed by atoms with van der Waals surface area (Å²) >= 11 is 0. The van der Waals surface area contributed by atoms with Crippen LogP contribution in [0.25, 0.3) is 0 Å². The number of piperidine rings is 1. The van der Waals surface area contributed by atoms with E-state index in [0.717, 1.165) is 18.8 Å². The number of hydrogen-bond acceptors (Lipinski definition) is 6. The Morgan fingerprint density at radius 2 is 1.79 bits per heavy atom. The minimum Gasteiger partial charge on any atom is -0.369 e. The Kier molecular flexibility index (Phi) is 4.61. The molecule has 3 aliphatic heterocycles. The standard InChI is InChI=1S/C20H20N4O4/c1-2-7-23-8-10-24(11-9-23)14-5-3-13-17(20(28)22-19(13)27)16(14)12-4-6-15(25)21-18(12)26/h1,3,5,12H,4,6-11H2,(H,21,25,26)(H,22,27,28). The number of anilines is 1. The zero-order valence-electron chi connectivity index (χ0n) is 15.3. The number of piperazine rings is 1. The summed E-state index contributed by atoms with van der Waals surface area (Å²) in [5.74, 6) is 0.292. The maximum Gasteiger partial charge on any atom is 0.259 e. The van der Waals surface area contributed by atoms with Crippen molar-refractivity contribution in [2.75, 3.05) is 37.6 Å². The second-order valence-electron chi connectivity index (χ2n) is 7.18. The van der Waals surface area contributed by atoms with Crippen LogP contribution in [0.15, 0.2) is 12.1 Å². The van der Waals surface area contributed by atoms with Gasteiger partial charge in [-0.15, -0.1) is 6.42 Å². The maximum atomic E-state index is 12.6. The van der Waals surface area contributed by atoms with Crippen LogP contribution in [-0.4, -0.2) is 61.3 Å². The summed E-state index contributed by atoms with van der Waals surface area (Å²) in [5.41, 5.74) is 1.83. The summed E-state index contributed by atoms with van der Waals surface area (Å²) < 4.78 is 0. The van der Waals surface area contributed by atoms with E-state index in [1.807, 2.05) is 0 Å². The van der Waals surface area contributed by atoms with E-state index in [4.69, 9.17) is 6.42 Å². The third kappa shape index (κ3) is 3.04. The minimum absolute atomic E-state index is 0.199. The molecule has 4 amide bonds. The van der Waals surface area contributed by atoms with E-state index in [1.54, 1.807) is 12.1 Å². The van der Waals surface area contributed by atoms with Gasteiger partial charge in [-0.3, -0.25) is 34.7 Å². The molecule has 2 fully saturated rings. The Balaban J connectivity index is 1.75. The van der Waals surface area contributed by atoms with Crippen LogP contribution in [-0.2, 0) is 9.59 Å². The Labute approximate surface area is 162 Å². The van der Waals surface area contributed by atoms with E-state index < -0.39 is 23.6 Å². The van der Waals surface area contributed by atoms with Gasteiger partial charge in [-0.2, -0.15) is 0 Å². The molecule has 2 saturated heterocycles. The number of amides is 4. The number of benzene rings is 1. The first-order chi connectivity index (χ1) is 13.5. The third-order valence-corrected chi connectivity index (χ3v) is 5.54. The molecule has 0 aromatic heterocycles. The number of carbonyl (C=O) groups is 4. The summed E-state index contributed by atoms with van der Waals surface area (Å²) in [4.78, 5) is 53.1. The van der Waals surface area contributed by atoms with E-state index in [1.165, 1.54) is 0 Å². The van der Waals surface area contributed by atoms with Crippen molar-refractivity contribution < 1.29 is 19.2 Å². The number of rotatable bonds is 3. The third-order valence-electron chi connectivity index (χ3n) is 5.54. The molecule has 8 nitrogen and oxygen atoms in total. The van der Waals surface area contributed by atoms with Gasteiger partial charge >= 0.3 is 0 Å². The zero-order chi connectivity index (χ0) is 19.8. The van der Waals surface area contributed by atoms with Gasteiger partial charge in [0.15, 0.2) is 0 Å².